The van der Waals surface area contributed by atoms with Gasteiger partial charge in [-0.3, -0.25) is 9.59 Å². The third-order valence-electron chi connectivity index (χ3n) is 3.53. The molecule has 130 valence electrons. The number of nitrogens with one attached hydrogen (secondary N) is 1. The maximum Gasteiger partial charge on any atom is 0.328 e. The first-order chi connectivity index (χ1) is 11.5. The lowest BCUT2D eigenvalue weighted by molar-refractivity contribution is -0.157. The van der Waals surface area contributed by atoms with Crippen molar-refractivity contribution < 1.29 is 24.2 Å². The van der Waals surface area contributed by atoms with E-state index in [1.165, 1.54) is 4.90 Å². The average molecular weight is 352 g/mol. The molecule has 2 amide bonds. The molecule has 0 aromatic heterocycles. The number of amides is 2. The third kappa shape index (κ3) is 5.24. The van der Waals surface area contributed by atoms with Crippen LogP contribution in [0.3, 0.4) is 0 Å². The first-order valence-electron chi connectivity index (χ1n) is 7.51. The van der Waals surface area contributed by atoms with Gasteiger partial charge >= 0.3 is 5.97 Å². The number of aliphatic carboxylic acids is 1. The Bertz CT molecular complexity index is 605. The summed E-state index contributed by atoms with van der Waals surface area (Å²) in [5.74, 6) is -1.38. The van der Waals surface area contributed by atoms with E-state index in [4.69, 9.17) is 9.84 Å². The lowest BCUT2D eigenvalue weighted by Crippen LogP contribution is -2.53. The number of ether oxygens (including phenoxy) is 1. The predicted octanol–water partition coefficient (Wildman–Crippen LogP) is 0.979. The molecule has 1 fully saturated rings. The van der Waals surface area contributed by atoms with Gasteiger partial charge in [0, 0.05) is 12.2 Å². The van der Waals surface area contributed by atoms with Gasteiger partial charge in [-0.1, -0.05) is 17.7 Å². The Morgan fingerprint density at radius 2 is 2.00 bits per heavy atom. The molecule has 0 bridgehead atoms. The largest absolute Gasteiger partial charge is 0.480 e. The lowest BCUT2D eigenvalue weighted by Gasteiger charge is -2.32. The second kappa shape index (κ2) is 8.70. The average Bonchev–Trinajstić information content (AvgIpc) is 2.56. The van der Waals surface area contributed by atoms with E-state index in [0.29, 0.717) is 12.3 Å². The molecule has 0 saturated carbocycles. The summed E-state index contributed by atoms with van der Waals surface area (Å²) < 4.78 is 5.10. The Labute approximate surface area is 144 Å². The van der Waals surface area contributed by atoms with Crippen LogP contribution in [-0.2, 0) is 19.1 Å². The molecule has 8 heteroatoms. The first-order valence-corrected chi connectivity index (χ1v) is 8.67. The zero-order valence-corrected chi connectivity index (χ0v) is 14.2. The van der Waals surface area contributed by atoms with Gasteiger partial charge in [-0.15, -0.1) is 11.8 Å². The van der Waals surface area contributed by atoms with Crippen LogP contribution in [0.4, 0.5) is 5.69 Å². The van der Waals surface area contributed by atoms with E-state index < -0.39 is 12.0 Å². The van der Waals surface area contributed by atoms with Gasteiger partial charge in [0.25, 0.3) is 0 Å². The fourth-order valence-corrected chi connectivity index (χ4v) is 2.95. The Morgan fingerprint density at radius 1 is 1.29 bits per heavy atom. The maximum atomic E-state index is 12.1. The van der Waals surface area contributed by atoms with Crippen molar-refractivity contribution in [2.75, 3.05) is 36.6 Å². The molecular weight excluding hydrogens is 332 g/mol. The predicted molar refractivity (Wildman–Crippen MR) is 91.1 cm³/mol. The molecule has 1 atom stereocenters. The van der Waals surface area contributed by atoms with Crippen molar-refractivity contribution in [3.63, 3.8) is 0 Å². The van der Waals surface area contributed by atoms with Gasteiger partial charge < -0.3 is 20.1 Å². The summed E-state index contributed by atoms with van der Waals surface area (Å²) in [6, 6.07) is 6.48. The molecule has 1 unspecified atom stereocenters. The molecule has 24 heavy (non-hydrogen) atoms. The number of hydrogen-bond donors (Lipinski definition) is 2. The number of carboxylic acids is 1. The van der Waals surface area contributed by atoms with Gasteiger partial charge in [0.2, 0.25) is 11.8 Å². The van der Waals surface area contributed by atoms with Crippen LogP contribution >= 0.6 is 11.8 Å². The van der Waals surface area contributed by atoms with E-state index in [1.54, 1.807) is 0 Å². The van der Waals surface area contributed by atoms with Crippen molar-refractivity contribution in [1.29, 1.82) is 0 Å². The van der Waals surface area contributed by atoms with Gasteiger partial charge in [-0.25, -0.2) is 4.79 Å². The lowest BCUT2D eigenvalue weighted by atomic mass is 10.2. The van der Waals surface area contributed by atoms with Crippen molar-refractivity contribution in [1.82, 2.24) is 4.90 Å². The number of aryl methyl sites for hydroxylation is 1. The molecule has 1 aliphatic rings. The molecule has 2 N–H and O–H groups in total. The highest BCUT2D eigenvalue weighted by atomic mass is 32.2. The van der Waals surface area contributed by atoms with Crippen molar-refractivity contribution in [3.05, 3.63) is 29.8 Å². The summed E-state index contributed by atoms with van der Waals surface area (Å²) >= 11 is 1.16. The summed E-state index contributed by atoms with van der Waals surface area (Å²) in [5.41, 5.74) is 1.81. The van der Waals surface area contributed by atoms with Gasteiger partial charge in [-0.2, -0.15) is 0 Å². The number of rotatable bonds is 6. The number of anilines is 1. The Kier molecular flexibility index (Phi) is 6.62. The smallest absolute Gasteiger partial charge is 0.328 e. The summed E-state index contributed by atoms with van der Waals surface area (Å²) in [7, 11) is 0. The van der Waals surface area contributed by atoms with Crippen molar-refractivity contribution in [2.45, 2.75) is 13.0 Å². The van der Waals surface area contributed by atoms with Crippen LogP contribution in [-0.4, -0.2) is 65.1 Å². The van der Waals surface area contributed by atoms with Crippen LogP contribution in [0.1, 0.15) is 5.56 Å². The zero-order valence-electron chi connectivity index (χ0n) is 13.4. The Hall–Kier alpha value is -2.06. The number of carbonyl (C=O) groups is 3. The van der Waals surface area contributed by atoms with E-state index in [-0.39, 0.29) is 36.5 Å². The van der Waals surface area contributed by atoms with Crippen LogP contribution in [0.2, 0.25) is 0 Å². The van der Waals surface area contributed by atoms with Gasteiger partial charge in [-0.05, 0) is 19.1 Å². The molecule has 1 heterocycles. The number of carbonyl (C=O) groups excluding carboxylic acids is 2. The molecule has 0 radical (unpaired) electrons. The molecule has 1 aromatic rings. The quantitative estimate of drug-likeness (QED) is 0.792. The number of hydrogen-bond acceptors (Lipinski definition) is 5. The highest BCUT2D eigenvalue weighted by Crippen LogP contribution is 2.12. The second-order valence-corrected chi connectivity index (χ2v) is 6.41. The van der Waals surface area contributed by atoms with Crippen LogP contribution < -0.4 is 5.32 Å². The summed E-state index contributed by atoms with van der Waals surface area (Å²) in [4.78, 5) is 36.4. The molecule has 0 aliphatic carbocycles. The van der Waals surface area contributed by atoms with Crippen LogP contribution in [0.5, 0.6) is 0 Å². The minimum Gasteiger partial charge on any atom is -0.480 e. The number of nitrogens with zero attached hydrogens (tertiary/aromatic N) is 1. The molecule has 7 nitrogen and oxygen atoms in total. The molecule has 0 spiro atoms. The first kappa shape index (κ1) is 18.3. The minimum atomic E-state index is -1.08. The van der Waals surface area contributed by atoms with E-state index in [0.717, 1.165) is 17.3 Å². The van der Waals surface area contributed by atoms with E-state index in [2.05, 4.69) is 5.32 Å². The second-order valence-electron chi connectivity index (χ2n) is 5.42. The van der Waals surface area contributed by atoms with E-state index in [1.807, 2.05) is 31.2 Å². The summed E-state index contributed by atoms with van der Waals surface area (Å²) in [5, 5.41) is 11.9. The Balaban J connectivity index is 1.76. The molecule has 1 saturated heterocycles. The monoisotopic (exact) mass is 352 g/mol. The molecule has 2 rings (SSSR count). The van der Waals surface area contributed by atoms with Crippen LogP contribution in [0, 0.1) is 6.92 Å². The standard InChI is InChI=1S/C16H20N2O5S/c1-11-2-4-12(5-3-11)17-14(19)9-24-10-15(20)18-6-7-23-8-13(18)16(21)22/h2-5,13H,6-10H2,1H3,(H,17,19)(H,21,22). The van der Waals surface area contributed by atoms with E-state index >= 15 is 0 Å². The van der Waals surface area contributed by atoms with Crippen molar-refractivity contribution in [3.8, 4) is 0 Å². The number of benzene rings is 1. The maximum absolute atomic E-state index is 12.1. The zero-order chi connectivity index (χ0) is 17.5. The number of thioether (sulfide) groups is 1. The van der Waals surface area contributed by atoms with Crippen molar-refractivity contribution in [2.24, 2.45) is 0 Å². The van der Waals surface area contributed by atoms with Gasteiger partial charge in [0.15, 0.2) is 6.04 Å². The summed E-state index contributed by atoms with van der Waals surface area (Å²) in [6.07, 6.45) is 0. The topological polar surface area (TPSA) is 95.9 Å². The fourth-order valence-electron chi connectivity index (χ4n) is 2.25. The minimum absolute atomic E-state index is 0.000347. The molecule has 1 aliphatic heterocycles. The molecule has 1 aromatic carbocycles. The summed E-state index contributed by atoms with van der Waals surface area (Å²) in [6.45, 7) is 2.54. The van der Waals surface area contributed by atoms with Crippen molar-refractivity contribution >= 4 is 35.2 Å². The normalized spacial score (nSPS) is 17.4. The third-order valence-corrected chi connectivity index (χ3v) is 4.45. The highest BCUT2D eigenvalue weighted by molar-refractivity contribution is 8.00. The number of morpholine rings is 1. The van der Waals surface area contributed by atoms with Gasteiger partial charge in [0.05, 0.1) is 24.7 Å². The van der Waals surface area contributed by atoms with Crippen LogP contribution in [0.25, 0.3) is 0 Å². The molecular formula is C16H20N2O5S. The number of carboxylic acid groups (broad SMARTS) is 1. The highest BCUT2D eigenvalue weighted by Gasteiger charge is 2.32. The van der Waals surface area contributed by atoms with Gasteiger partial charge in [0.1, 0.15) is 0 Å². The SMILES string of the molecule is Cc1ccc(NC(=O)CSCC(=O)N2CCOCC2C(=O)O)cc1. The fraction of sp³-hybridized carbons (Fsp3) is 0.438. The van der Waals surface area contributed by atoms with Crippen LogP contribution in [0.15, 0.2) is 24.3 Å². The Morgan fingerprint density at radius 3 is 2.67 bits per heavy atom. The van der Waals surface area contributed by atoms with E-state index in [9.17, 15) is 14.4 Å².